The van der Waals surface area contributed by atoms with E-state index in [-0.39, 0.29) is 18.1 Å². The number of carbonyl (C=O) groups excluding carboxylic acids is 1. The first-order valence-electron chi connectivity index (χ1n) is 10.7. The summed E-state index contributed by atoms with van der Waals surface area (Å²) in [5.74, 6) is 0.301. The third-order valence-corrected chi connectivity index (χ3v) is 5.40. The van der Waals surface area contributed by atoms with Gasteiger partial charge in [-0.25, -0.2) is 5.43 Å². The van der Waals surface area contributed by atoms with Crippen molar-refractivity contribution in [2.45, 2.75) is 38.3 Å². The van der Waals surface area contributed by atoms with Gasteiger partial charge in [0.15, 0.2) is 0 Å². The zero-order chi connectivity index (χ0) is 23.8. The van der Waals surface area contributed by atoms with Crippen molar-refractivity contribution in [1.82, 2.24) is 10.7 Å². The molecule has 0 aromatic heterocycles. The van der Waals surface area contributed by atoms with Crippen LogP contribution in [0.25, 0.3) is 0 Å². The first-order valence-corrected chi connectivity index (χ1v) is 11.1. The largest absolute Gasteiger partial charge is 0.489 e. The Morgan fingerprint density at radius 2 is 2.03 bits per heavy atom. The van der Waals surface area contributed by atoms with E-state index in [1.54, 1.807) is 18.2 Å². The van der Waals surface area contributed by atoms with Crippen LogP contribution in [0.5, 0.6) is 5.75 Å². The summed E-state index contributed by atoms with van der Waals surface area (Å²) in [6.07, 6.45) is 0.330. The van der Waals surface area contributed by atoms with E-state index in [9.17, 15) is 9.90 Å². The summed E-state index contributed by atoms with van der Waals surface area (Å²) in [4.78, 5) is 11.2. The molecule has 0 bridgehead atoms. The molecular weight excluding hydrogens is 442 g/mol. The molecular formula is C24H28ClN5O3. The minimum Gasteiger partial charge on any atom is -0.489 e. The number of benzene rings is 2. The van der Waals surface area contributed by atoms with Crippen LogP contribution in [0.4, 0.5) is 5.69 Å². The van der Waals surface area contributed by atoms with Crippen LogP contribution in [0, 0.1) is 11.3 Å². The number of halogens is 1. The van der Waals surface area contributed by atoms with Crippen molar-refractivity contribution >= 4 is 28.9 Å². The number of hydrogen-bond donors (Lipinski definition) is 4. The molecule has 9 heteroatoms. The number of rotatable bonds is 10. The van der Waals surface area contributed by atoms with Crippen LogP contribution in [0.1, 0.15) is 37.8 Å². The molecule has 3 rings (SSSR count). The first kappa shape index (κ1) is 24.5. The number of nitriles is 1. The summed E-state index contributed by atoms with van der Waals surface area (Å²) in [5, 5.41) is 30.8. The van der Waals surface area contributed by atoms with Gasteiger partial charge >= 0.3 is 0 Å². The summed E-state index contributed by atoms with van der Waals surface area (Å²) >= 11 is 5.96. The minimum absolute atomic E-state index is 0.0390. The first-order chi connectivity index (χ1) is 15.8. The van der Waals surface area contributed by atoms with E-state index in [2.05, 4.69) is 21.2 Å². The fourth-order valence-corrected chi connectivity index (χ4v) is 3.36. The van der Waals surface area contributed by atoms with Gasteiger partial charge in [-0.05, 0) is 43.7 Å². The van der Waals surface area contributed by atoms with Gasteiger partial charge in [0.05, 0.1) is 11.3 Å². The SMILES string of the molecule is CC(C)(CNc1ccc(C2=NNC(=O)CC2)cc1)NC[C@H](O)COc1cc(Cl)ccc1C#N. The highest BCUT2D eigenvalue weighted by atomic mass is 35.5. The van der Waals surface area contributed by atoms with Crippen LogP contribution in [-0.4, -0.2) is 48.1 Å². The van der Waals surface area contributed by atoms with Crippen molar-refractivity contribution in [2.24, 2.45) is 5.10 Å². The van der Waals surface area contributed by atoms with Crippen LogP contribution in [0.15, 0.2) is 47.6 Å². The summed E-state index contributed by atoms with van der Waals surface area (Å²) in [7, 11) is 0. The highest BCUT2D eigenvalue weighted by Gasteiger charge is 2.19. The molecule has 0 aliphatic carbocycles. The molecule has 0 saturated carbocycles. The van der Waals surface area contributed by atoms with Crippen molar-refractivity contribution in [3.8, 4) is 11.8 Å². The predicted octanol–water partition coefficient (Wildman–Crippen LogP) is 3.05. The van der Waals surface area contributed by atoms with Crippen LogP contribution < -0.4 is 20.8 Å². The number of amides is 1. The third kappa shape index (κ3) is 7.46. The number of aliphatic hydroxyl groups excluding tert-OH is 1. The molecule has 0 unspecified atom stereocenters. The Morgan fingerprint density at radius 3 is 2.70 bits per heavy atom. The molecule has 0 radical (unpaired) electrons. The van der Waals surface area contributed by atoms with Crippen molar-refractivity contribution in [2.75, 3.05) is 25.0 Å². The van der Waals surface area contributed by atoms with E-state index in [0.717, 1.165) is 17.0 Å². The fourth-order valence-electron chi connectivity index (χ4n) is 3.20. The second kappa shape index (κ2) is 11.1. The Bertz CT molecular complexity index is 1050. The van der Waals surface area contributed by atoms with E-state index in [0.29, 0.717) is 42.3 Å². The van der Waals surface area contributed by atoms with E-state index in [1.165, 1.54) is 0 Å². The number of hydrazone groups is 1. The second-order valence-electron chi connectivity index (χ2n) is 8.51. The normalized spacial score (nSPS) is 14.6. The number of nitrogens with zero attached hydrogens (tertiary/aromatic N) is 2. The van der Waals surface area contributed by atoms with E-state index in [4.69, 9.17) is 21.6 Å². The molecule has 33 heavy (non-hydrogen) atoms. The number of nitrogens with one attached hydrogen (secondary N) is 3. The Kier molecular flexibility index (Phi) is 8.28. The molecule has 1 atom stereocenters. The van der Waals surface area contributed by atoms with E-state index >= 15 is 0 Å². The van der Waals surface area contributed by atoms with Gasteiger partial charge in [0.1, 0.15) is 24.5 Å². The van der Waals surface area contributed by atoms with Gasteiger partial charge in [0, 0.05) is 48.2 Å². The molecule has 1 heterocycles. The van der Waals surface area contributed by atoms with Gasteiger partial charge in [-0.1, -0.05) is 23.7 Å². The molecule has 4 N–H and O–H groups in total. The van der Waals surface area contributed by atoms with Crippen molar-refractivity contribution in [1.29, 1.82) is 5.26 Å². The molecule has 1 aliphatic heterocycles. The average Bonchev–Trinajstić information content (AvgIpc) is 2.81. The highest BCUT2D eigenvalue weighted by molar-refractivity contribution is 6.30. The molecule has 2 aromatic rings. The lowest BCUT2D eigenvalue weighted by Crippen LogP contribution is -2.49. The van der Waals surface area contributed by atoms with Crippen LogP contribution >= 0.6 is 11.6 Å². The minimum atomic E-state index is -0.758. The van der Waals surface area contributed by atoms with Gasteiger partial charge in [0.2, 0.25) is 5.91 Å². The Labute approximate surface area is 198 Å². The van der Waals surface area contributed by atoms with Crippen LogP contribution in [0.2, 0.25) is 5.02 Å². The number of carbonyl (C=O) groups is 1. The monoisotopic (exact) mass is 469 g/mol. The zero-order valence-electron chi connectivity index (χ0n) is 18.7. The molecule has 0 spiro atoms. The van der Waals surface area contributed by atoms with E-state index < -0.39 is 6.10 Å². The van der Waals surface area contributed by atoms with Crippen LogP contribution in [0.3, 0.4) is 0 Å². The topological polar surface area (TPSA) is 119 Å². The lowest BCUT2D eigenvalue weighted by Gasteiger charge is -2.28. The quantitative estimate of drug-likeness (QED) is 0.424. The van der Waals surface area contributed by atoms with Crippen molar-refractivity contribution in [3.05, 3.63) is 58.6 Å². The number of ether oxygens (including phenoxy) is 1. The van der Waals surface area contributed by atoms with Gasteiger partial charge in [-0.15, -0.1) is 0 Å². The Morgan fingerprint density at radius 1 is 1.27 bits per heavy atom. The summed E-state index contributed by atoms with van der Waals surface area (Å²) < 4.78 is 5.59. The molecule has 0 fully saturated rings. The molecule has 174 valence electrons. The number of hydrogen-bond acceptors (Lipinski definition) is 7. The molecule has 1 amide bonds. The Hall–Kier alpha value is -3.12. The summed E-state index contributed by atoms with van der Waals surface area (Å²) in [5.41, 5.74) is 5.41. The Balaban J connectivity index is 1.44. The number of anilines is 1. The second-order valence-corrected chi connectivity index (χ2v) is 8.94. The summed E-state index contributed by atoms with van der Waals surface area (Å²) in [6, 6.07) is 14.7. The van der Waals surface area contributed by atoms with Crippen LogP contribution in [-0.2, 0) is 4.79 Å². The fraction of sp³-hybridized carbons (Fsp3) is 0.375. The summed E-state index contributed by atoms with van der Waals surface area (Å²) in [6.45, 7) is 5.06. The van der Waals surface area contributed by atoms with Crippen molar-refractivity contribution < 1.29 is 14.6 Å². The lowest BCUT2D eigenvalue weighted by molar-refractivity contribution is -0.121. The molecule has 1 aliphatic rings. The standard InChI is InChI=1S/C24H28ClN5O3/c1-24(2,28-13-20(31)14-33-22-11-18(25)6-3-17(22)12-26)15-27-19-7-4-16(5-8-19)21-9-10-23(32)30-29-21/h3-8,11,20,27-28,31H,9-10,13-15H2,1-2H3,(H,30,32)/t20-/m0/s1. The van der Waals surface area contributed by atoms with E-state index in [1.807, 2.05) is 44.2 Å². The third-order valence-electron chi connectivity index (χ3n) is 5.17. The van der Waals surface area contributed by atoms with Crippen molar-refractivity contribution in [3.63, 3.8) is 0 Å². The number of aliphatic hydroxyl groups is 1. The maximum absolute atomic E-state index is 11.2. The predicted molar refractivity (Wildman–Crippen MR) is 129 cm³/mol. The smallest absolute Gasteiger partial charge is 0.240 e. The maximum Gasteiger partial charge on any atom is 0.240 e. The lowest BCUT2D eigenvalue weighted by atomic mass is 10.0. The van der Waals surface area contributed by atoms with Gasteiger partial charge in [-0.2, -0.15) is 10.4 Å². The average molecular weight is 470 g/mol. The van der Waals surface area contributed by atoms with Gasteiger partial charge in [0.25, 0.3) is 0 Å². The van der Waals surface area contributed by atoms with Gasteiger partial charge in [-0.3, -0.25) is 4.79 Å². The highest BCUT2D eigenvalue weighted by Crippen LogP contribution is 2.23. The zero-order valence-corrected chi connectivity index (χ0v) is 19.4. The molecule has 0 saturated heterocycles. The maximum atomic E-state index is 11.2. The number of β-amino-alcohol motifs (C(OH)–C–C–N with tert-alkyl or cyclic N) is 1. The van der Waals surface area contributed by atoms with Gasteiger partial charge < -0.3 is 20.5 Å². The molecule has 8 nitrogen and oxygen atoms in total. The molecule has 2 aromatic carbocycles.